The molecular formula is C15H16N4O5. The fourth-order valence-electron chi connectivity index (χ4n) is 2.57. The highest BCUT2D eigenvalue weighted by atomic mass is 16.5. The van der Waals surface area contributed by atoms with Gasteiger partial charge in [0.15, 0.2) is 11.5 Å². The van der Waals surface area contributed by atoms with Crippen molar-refractivity contribution in [2.24, 2.45) is 0 Å². The Morgan fingerprint density at radius 2 is 1.88 bits per heavy atom. The van der Waals surface area contributed by atoms with Crippen LogP contribution in [0.4, 0.5) is 5.95 Å². The maximum atomic E-state index is 11.4. The van der Waals surface area contributed by atoms with E-state index in [1.54, 1.807) is 22.9 Å². The molecule has 126 valence electrons. The molecule has 0 bridgehead atoms. The molecule has 24 heavy (non-hydrogen) atoms. The van der Waals surface area contributed by atoms with Crippen LogP contribution in [0, 0.1) is 0 Å². The second-order valence-corrected chi connectivity index (χ2v) is 4.94. The molecule has 2 heterocycles. The van der Waals surface area contributed by atoms with Crippen molar-refractivity contribution in [3.8, 4) is 17.2 Å². The van der Waals surface area contributed by atoms with Gasteiger partial charge in [-0.3, -0.25) is 0 Å². The number of carboxylic acid groups (broad SMARTS) is 1. The lowest BCUT2D eigenvalue weighted by atomic mass is 10.0. The normalized spacial score (nSPS) is 15.8. The van der Waals surface area contributed by atoms with Crippen LogP contribution in [0.25, 0.3) is 0 Å². The second kappa shape index (κ2) is 6.11. The molecule has 0 fully saturated rings. The van der Waals surface area contributed by atoms with Crippen molar-refractivity contribution in [2.75, 3.05) is 26.6 Å². The molecule has 1 aliphatic rings. The molecule has 0 aliphatic carbocycles. The summed E-state index contributed by atoms with van der Waals surface area (Å²) in [6.45, 7) is 0. The van der Waals surface area contributed by atoms with Gasteiger partial charge in [-0.15, -0.1) is 0 Å². The van der Waals surface area contributed by atoms with E-state index in [0.29, 0.717) is 23.2 Å². The number of carbonyl (C=O) groups is 1. The fourth-order valence-corrected chi connectivity index (χ4v) is 2.57. The number of aromatic nitrogens is 3. The van der Waals surface area contributed by atoms with Gasteiger partial charge < -0.3 is 24.6 Å². The van der Waals surface area contributed by atoms with Crippen LogP contribution in [0.5, 0.6) is 17.2 Å². The molecule has 1 aromatic heterocycles. The summed E-state index contributed by atoms with van der Waals surface area (Å²) in [7, 11) is 4.55. The van der Waals surface area contributed by atoms with Crippen molar-refractivity contribution in [2.45, 2.75) is 6.04 Å². The zero-order valence-electron chi connectivity index (χ0n) is 13.3. The van der Waals surface area contributed by atoms with Crippen LogP contribution in [0.1, 0.15) is 11.6 Å². The second-order valence-electron chi connectivity index (χ2n) is 4.94. The number of rotatable bonds is 5. The molecule has 2 N–H and O–H groups in total. The number of anilines is 1. The van der Waals surface area contributed by atoms with Crippen LogP contribution in [-0.2, 0) is 4.79 Å². The first kappa shape index (κ1) is 15.7. The van der Waals surface area contributed by atoms with Crippen molar-refractivity contribution in [3.63, 3.8) is 0 Å². The highest BCUT2D eigenvalue weighted by Gasteiger charge is 2.27. The number of hydrogen-bond acceptors (Lipinski definition) is 7. The van der Waals surface area contributed by atoms with Gasteiger partial charge in [-0.05, 0) is 23.8 Å². The minimum atomic E-state index is -1.08. The number of nitrogens with one attached hydrogen (secondary N) is 1. The molecule has 0 radical (unpaired) electrons. The average Bonchev–Trinajstić information content (AvgIpc) is 3.07. The van der Waals surface area contributed by atoms with E-state index in [0.717, 1.165) is 5.56 Å². The van der Waals surface area contributed by atoms with Crippen LogP contribution >= 0.6 is 0 Å². The Morgan fingerprint density at radius 3 is 2.42 bits per heavy atom. The number of benzene rings is 1. The summed E-state index contributed by atoms with van der Waals surface area (Å²) in [6, 6.07) is 3.01. The number of carboxylic acids is 1. The van der Waals surface area contributed by atoms with Gasteiger partial charge in [0, 0.05) is 0 Å². The first-order valence-electron chi connectivity index (χ1n) is 7.00. The van der Waals surface area contributed by atoms with E-state index in [4.69, 9.17) is 14.2 Å². The highest BCUT2D eigenvalue weighted by Crippen LogP contribution is 2.41. The van der Waals surface area contributed by atoms with E-state index in [-0.39, 0.29) is 5.70 Å². The smallest absolute Gasteiger partial charge is 0.352 e. The Morgan fingerprint density at radius 1 is 1.21 bits per heavy atom. The maximum Gasteiger partial charge on any atom is 0.352 e. The monoisotopic (exact) mass is 332 g/mol. The SMILES string of the molecule is COc1cc(C2C=C(C(=O)O)Nc3ncnn32)cc(OC)c1OC. The summed E-state index contributed by atoms with van der Waals surface area (Å²) < 4.78 is 17.6. The minimum Gasteiger partial charge on any atom is -0.493 e. The number of methoxy groups -OCH3 is 3. The molecule has 0 amide bonds. The summed E-state index contributed by atoms with van der Waals surface area (Å²) >= 11 is 0. The van der Waals surface area contributed by atoms with Gasteiger partial charge in [-0.25, -0.2) is 9.48 Å². The molecule has 1 aliphatic heterocycles. The topological polar surface area (TPSA) is 108 Å². The number of aliphatic carboxylic acids is 1. The molecule has 2 aromatic rings. The summed E-state index contributed by atoms with van der Waals surface area (Å²) in [6.07, 6.45) is 2.90. The lowest BCUT2D eigenvalue weighted by molar-refractivity contribution is -0.132. The maximum absolute atomic E-state index is 11.4. The van der Waals surface area contributed by atoms with Crippen molar-refractivity contribution in [1.82, 2.24) is 14.8 Å². The lowest BCUT2D eigenvalue weighted by Crippen LogP contribution is -2.24. The van der Waals surface area contributed by atoms with Gasteiger partial charge in [0.1, 0.15) is 18.1 Å². The van der Waals surface area contributed by atoms with Crippen LogP contribution in [0.2, 0.25) is 0 Å². The summed E-state index contributed by atoms with van der Waals surface area (Å²) in [4.78, 5) is 15.4. The summed E-state index contributed by atoms with van der Waals surface area (Å²) in [5.41, 5.74) is 0.741. The summed E-state index contributed by atoms with van der Waals surface area (Å²) in [5.74, 6) is 0.656. The van der Waals surface area contributed by atoms with Gasteiger partial charge in [-0.1, -0.05) is 0 Å². The van der Waals surface area contributed by atoms with Crippen LogP contribution < -0.4 is 19.5 Å². The molecule has 0 saturated carbocycles. The van der Waals surface area contributed by atoms with E-state index in [1.165, 1.54) is 27.7 Å². The van der Waals surface area contributed by atoms with Crippen molar-refractivity contribution in [3.05, 3.63) is 35.8 Å². The lowest BCUT2D eigenvalue weighted by Gasteiger charge is -2.24. The summed E-state index contributed by atoms with van der Waals surface area (Å²) in [5, 5.41) is 16.2. The Hall–Kier alpha value is -3.23. The van der Waals surface area contributed by atoms with Gasteiger partial charge in [0.25, 0.3) is 0 Å². The highest BCUT2D eigenvalue weighted by molar-refractivity contribution is 5.90. The third-order valence-corrected chi connectivity index (χ3v) is 3.67. The van der Waals surface area contributed by atoms with Crippen LogP contribution in [0.15, 0.2) is 30.2 Å². The molecule has 1 aromatic carbocycles. The Balaban J connectivity index is 2.16. The molecule has 0 spiro atoms. The third-order valence-electron chi connectivity index (χ3n) is 3.67. The number of nitrogens with zero attached hydrogens (tertiary/aromatic N) is 3. The number of allylic oxidation sites excluding steroid dienone is 1. The van der Waals surface area contributed by atoms with Crippen molar-refractivity contribution in [1.29, 1.82) is 0 Å². The van der Waals surface area contributed by atoms with Crippen LogP contribution in [0.3, 0.4) is 0 Å². The van der Waals surface area contributed by atoms with E-state index in [2.05, 4.69) is 15.4 Å². The van der Waals surface area contributed by atoms with Gasteiger partial charge in [0.2, 0.25) is 11.7 Å². The predicted octanol–water partition coefficient (Wildman–Crippen LogP) is 1.29. The first-order chi connectivity index (χ1) is 11.6. The molecule has 1 unspecified atom stereocenters. The Bertz CT molecular complexity index is 789. The average molecular weight is 332 g/mol. The largest absolute Gasteiger partial charge is 0.493 e. The molecule has 1 atom stereocenters. The third kappa shape index (κ3) is 2.49. The Kier molecular flexibility index (Phi) is 3.98. The van der Waals surface area contributed by atoms with Crippen LogP contribution in [-0.4, -0.2) is 47.2 Å². The molecular weight excluding hydrogens is 316 g/mol. The minimum absolute atomic E-state index is 0.0225. The van der Waals surface area contributed by atoms with E-state index in [9.17, 15) is 9.90 Å². The molecule has 3 rings (SSSR count). The standard InChI is InChI=1S/C15H16N4O5/c1-22-11-4-8(5-12(23-2)13(11)24-3)10-6-9(14(20)21)18-15-16-7-17-19(10)15/h4-7,10H,1-3H3,(H,20,21)(H,16,17,18). The zero-order valence-corrected chi connectivity index (χ0v) is 13.3. The van der Waals surface area contributed by atoms with Gasteiger partial charge in [-0.2, -0.15) is 10.1 Å². The number of ether oxygens (including phenoxy) is 3. The van der Waals surface area contributed by atoms with Crippen molar-refractivity contribution >= 4 is 11.9 Å². The van der Waals surface area contributed by atoms with E-state index >= 15 is 0 Å². The van der Waals surface area contributed by atoms with E-state index < -0.39 is 12.0 Å². The number of fused-ring (bicyclic) bond motifs is 1. The van der Waals surface area contributed by atoms with Gasteiger partial charge in [0.05, 0.1) is 21.3 Å². The fraction of sp³-hybridized carbons (Fsp3) is 0.267. The van der Waals surface area contributed by atoms with Crippen molar-refractivity contribution < 1.29 is 24.1 Å². The van der Waals surface area contributed by atoms with Gasteiger partial charge >= 0.3 is 5.97 Å². The molecule has 9 heteroatoms. The molecule has 0 saturated heterocycles. The quantitative estimate of drug-likeness (QED) is 0.843. The molecule has 9 nitrogen and oxygen atoms in total. The zero-order chi connectivity index (χ0) is 17.3. The first-order valence-corrected chi connectivity index (χ1v) is 7.00. The predicted molar refractivity (Wildman–Crippen MR) is 83.6 cm³/mol. The number of hydrogen-bond donors (Lipinski definition) is 2. The Labute approximate surface area is 137 Å². The van der Waals surface area contributed by atoms with E-state index in [1.807, 2.05) is 0 Å².